The molecule has 0 amide bonds. The van der Waals surface area contributed by atoms with Gasteiger partial charge in [0.05, 0.1) is 12.8 Å². The van der Waals surface area contributed by atoms with Crippen molar-refractivity contribution in [1.29, 1.82) is 0 Å². The van der Waals surface area contributed by atoms with E-state index in [-0.39, 0.29) is 0 Å². The smallest absolute Gasteiger partial charge is 0.301 e. The van der Waals surface area contributed by atoms with Gasteiger partial charge in [0.1, 0.15) is 5.75 Å². The first-order chi connectivity index (χ1) is 9.53. The summed E-state index contributed by atoms with van der Waals surface area (Å²) >= 11 is 0. The number of nitrogens with one attached hydrogen (secondary N) is 1. The van der Waals surface area contributed by atoms with Crippen molar-refractivity contribution < 1.29 is 13.2 Å². The maximum Gasteiger partial charge on any atom is 0.301 e. The van der Waals surface area contributed by atoms with Crippen LogP contribution in [0.3, 0.4) is 0 Å². The summed E-state index contributed by atoms with van der Waals surface area (Å²) < 4.78 is 34.0. The first-order valence-corrected chi connectivity index (χ1v) is 8.18. The third-order valence-corrected chi connectivity index (χ3v) is 4.89. The number of nitrogens with zero attached hydrogens (tertiary/aromatic N) is 1. The number of nitrogen functional groups attached to an aromatic ring is 1. The average Bonchev–Trinajstić information content (AvgIpc) is 2.70. The van der Waals surface area contributed by atoms with Gasteiger partial charge < -0.3 is 10.5 Å². The molecule has 1 aromatic carbocycles. The van der Waals surface area contributed by atoms with E-state index in [0.29, 0.717) is 30.2 Å². The van der Waals surface area contributed by atoms with E-state index in [9.17, 15) is 8.42 Å². The third-order valence-electron chi connectivity index (χ3n) is 3.37. The molecule has 7 heteroatoms. The van der Waals surface area contributed by atoms with E-state index in [1.807, 2.05) is 0 Å². The van der Waals surface area contributed by atoms with E-state index in [4.69, 9.17) is 10.5 Å². The molecule has 0 atom stereocenters. The van der Waals surface area contributed by atoms with E-state index in [0.717, 1.165) is 25.7 Å². The van der Waals surface area contributed by atoms with Crippen molar-refractivity contribution in [2.45, 2.75) is 25.7 Å². The fourth-order valence-electron chi connectivity index (χ4n) is 2.28. The third kappa shape index (κ3) is 3.55. The van der Waals surface area contributed by atoms with Crippen LogP contribution < -0.4 is 15.2 Å². The van der Waals surface area contributed by atoms with Gasteiger partial charge in [-0.1, -0.05) is 12.8 Å². The van der Waals surface area contributed by atoms with Crippen LogP contribution in [0.15, 0.2) is 18.2 Å². The van der Waals surface area contributed by atoms with Gasteiger partial charge in [-0.05, 0) is 25.0 Å². The summed E-state index contributed by atoms with van der Waals surface area (Å²) in [6, 6.07) is 4.85. The van der Waals surface area contributed by atoms with Gasteiger partial charge in [0.15, 0.2) is 0 Å². The Bertz CT molecular complexity index is 552. The largest absolute Gasteiger partial charge is 0.494 e. The SMILES string of the molecule is COc1cc(N)ccc1NS(=O)(=O)N1CCCCCC1. The summed E-state index contributed by atoms with van der Waals surface area (Å²) in [6.07, 6.45) is 3.97. The van der Waals surface area contributed by atoms with Crippen LogP contribution in [0.4, 0.5) is 11.4 Å². The van der Waals surface area contributed by atoms with Crippen LogP contribution in [0, 0.1) is 0 Å². The monoisotopic (exact) mass is 299 g/mol. The molecule has 1 saturated heterocycles. The van der Waals surface area contributed by atoms with Crippen molar-refractivity contribution in [3.63, 3.8) is 0 Å². The lowest BCUT2D eigenvalue weighted by Crippen LogP contribution is -2.36. The topological polar surface area (TPSA) is 84.7 Å². The number of hydrogen-bond donors (Lipinski definition) is 2. The zero-order valence-electron chi connectivity index (χ0n) is 11.6. The normalized spacial score (nSPS) is 17.4. The highest BCUT2D eigenvalue weighted by Crippen LogP contribution is 2.28. The van der Waals surface area contributed by atoms with E-state index >= 15 is 0 Å². The molecule has 0 radical (unpaired) electrons. The molecule has 0 spiro atoms. The number of rotatable bonds is 4. The lowest BCUT2D eigenvalue weighted by molar-refractivity contribution is 0.415. The van der Waals surface area contributed by atoms with Crippen molar-refractivity contribution in [2.75, 3.05) is 30.7 Å². The molecule has 6 nitrogen and oxygen atoms in total. The maximum absolute atomic E-state index is 12.4. The molecule has 20 heavy (non-hydrogen) atoms. The van der Waals surface area contributed by atoms with Crippen LogP contribution in [-0.2, 0) is 10.2 Å². The van der Waals surface area contributed by atoms with Gasteiger partial charge in [0.2, 0.25) is 0 Å². The predicted octanol–water partition coefficient (Wildman–Crippen LogP) is 1.81. The Morgan fingerprint density at radius 1 is 1.20 bits per heavy atom. The number of methoxy groups -OCH3 is 1. The second-order valence-corrected chi connectivity index (χ2v) is 6.55. The fourth-order valence-corrected chi connectivity index (χ4v) is 3.59. The molecule has 112 valence electrons. The van der Waals surface area contributed by atoms with Gasteiger partial charge in [-0.25, -0.2) is 0 Å². The minimum atomic E-state index is -3.54. The van der Waals surface area contributed by atoms with Crippen molar-refractivity contribution >= 4 is 21.6 Å². The van der Waals surface area contributed by atoms with E-state index in [2.05, 4.69) is 4.72 Å². The molecule has 0 aromatic heterocycles. The van der Waals surface area contributed by atoms with Gasteiger partial charge in [-0.15, -0.1) is 0 Å². The van der Waals surface area contributed by atoms with Crippen LogP contribution in [0.25, 0.3) is 0 Å². The van der Waals surface area contributed by atoms with Gasteiger partial charge in [-0.2, -0.15) is 12.7 Å². The highest BCUT2D eigenvalue weighted by atomic mass is 32.2. The number of nitrogens with two attached hydrogens (primary N) is 1. The van der Waals surface area contributed by atoms with Crippen molar-refractivity contribution in [2.24, 2.45) is 0 Å². The Labute approximate surface area is 120 Å². The fraction of sp³-hybridized carbons (Fsp3) is 0.538. The molecule has 2 rings (SSSR count). The quantitative estimate of drug-likeness (QED) is 0.830. The molecule has 0 aliphatic carbocycles. The Morgan fingerprint density at radius 2 is 1.85 bits per heavy atom. The first-order valence-electron chi connectivity index (χ1n) is 6.74. The van der Waals surface area contributed by atoms with E-state index < -0.39 is 10.2 Å². The zero-order chi connectivity index (χ0) is 14.6. The Morgan fingerprint density at radius 3 is 2.45 bits per heavy atom. The minimum absolute atomic E-state index is 0.408. The summed E-state index contributed by atoms with van der Waals surface area (Å²) in [5.74, 6) is 0.420. The molecular formula is C13H21N3O3S. The van der Waals surface area contributed by atoms with Crippen LogP contribution in [0.2, 0.25) is 0 Å². The van der Waals surface area contributed by atoms with Crippen molar-refractivity contribution in [3.8, 4) is 5.75 Å². The van der Waals surface area contributed by atoms with Crippen molar-refractivity contribution in [1.82, 2.24) is 4.31 Å². The summed E-state index contributed by atoms with van der Waals surface area (Å²) in [4.78, 5) is 0. The molecule has 1 heterocycles. The second-order valence-electron chi connectivity index (χ2n) is 4.88. The molecule has 0 bridgehead atoms. The first kappa shape index (κ1) is 14.9. The molecule has 1 aliphatic rings. The van der Waals surface area contributed by atoms with Gasteiger partial charge in [0.25, 0.3) is 0 Å². The van der Waals surface area contributed by atoms with Crippen LogP contribution in [0.5, 0.6) is 5.75 Å². The number of ether oxygens (including phenoxy) is 1. The highest BCUT2D eigenvalue weighted by molar-refractivity contribution is 7.90. The minimum Gasteiger partial charge on any atom is -0.494 e. The van der Waals surface area contributed by atoms with Crippen LogP contribution in [-0.4, -0.2) is 32.9 Å². The van der Waals surface area contributed by atoms with Crippen LogP contribution in [0.1, 0.15) is 25.7 Å². The standard InChI is InChI=1S/C13H21N3O3S/c1-19-13-10-11(14)6-7-12(13)15-20(17,18)16-8-4-2-3-5-9-16/h6-7,10,15H,2-5,8-9,14H2,1H3. The Hall–Kier alpha value is -1.47. The van der Waals surface area contributed by atoms with E-state index in [1.54, 1.807) is 18.2 Å². The molecule has 0 unspecified atom stereocenters. The molecule has 3 N–H and O–H groups in total. The number of benzene rings is 1. The van der Waals surface area contributed by atoms with Crippen molar-refractivity contribution in [3.05, 3.63) is 18.2 Å². The summed E-state index contributed by atoms with van der Waals surface area (Å²) in [7, 11) is -2.06. The second kappa shape index (κ2) is 6.32. The Kier molecular flexibility index (Phi) is 4.72. The molecule has 0 saturated carbocycles. The summed E-state index contributed by atoms with van der Waals surface area (Å²) in [5, 5.41) is 0. The van der Waals surface area contributed by atoms with Gasteiger partial charge in [-0.3, -0.25) is 4.72 Å². The van der Waals surface area contributed by atoms with E-state index in [1.165, 1.54) is 11.4 Å². The zero-order valence-corrected chi connectivity index (χ0v) is 12.4. The lowest BCUT2D eigenvalue weighted by Gasteiger charge is -2.21. The van der Waals surface area contributed by atoms with Gasteiger partial charge >= 0.3 is 10.2 Å². The highest BCUT2D eigenvalue weighted by Gasteiger charge is 2.23. The molecule has 1 fully saturated rings. The van der Waals surface area contributed by atoms with Gasteiger partial charge in [0, 0.05) is 24.8 Å². The molecule has 1 aliphatic heterocycles. The number of anilines is 2. The number of hydrogen-bond acceptors (Lipinski definition) is 4. The summed E-state index contributed by atoms with van der Waals surface area (Å²) in [6.45, 7) is 1.12. The average molecular weight is 299 g/mol. The maximum atomic E-state index is 12.4. The molecular weight excluding hydrogens is 278 g/mol. The Balaban J connectivity index is 2.19. The van der Waals surface area contributed by atoms with Crippen LogP contribution >= 0.6 is 0 Å². The molecule has 1 aromatic rings. The summed E-state index contributed by atoms with van der Waals surface area (Å²) in [5.41, 5.74) is 6.60. The lowest BCUT2D eigenvalue weighted by atomic mass is 10.2. The predicted molar refractivity (Wildman–Crippen MR) is 80.0 cm³/mol.